The van der Waals surface area contributed by atoms with Crippen molar-refractivity contribution in [3.8, 4) is 17.6 Å². The van der Waals surface area contributed by atoms with E-state index in [0.29, 0.717) is 6.54 Å². The predicted molar refractivity (Wildman–Crippen MR) is 139 cm³/mol. The number of likely N-dealkylation sites (tertiary alicyclic amines) is 1. The lowest BCUT2D eigenvalue weighted by Crippen LogP contribution is -2.41. The molecule has 0 spiro atoms. The zero-order valence-electron chi connectivity index (χ0n) is 20.1. The lowest BCUT2D eigenvalue weighted by atomic mass is 9.72. The van der Waals surface area contributed by atoms with E-state index in [1.807, 2.05) is 35.7 Å². The molecule has 6 nitrogen and oxygen atoms in total. The van der Waals surface area contributed by atoms with Gasteiger partial charge in [-0.3, -0.25) is 14.7 Å². The number of hydrogen-bond donors (Lipinski definition) is 2. The van der Waals surface area contributed by atoms with Crippen LogP contribution in [0.1, 0.15) is 48.1 Å². The van der Waals surface area contributed by atoms with Crippen molar-refractivity contribution in [3.05, 3.63) is 57.9 Å². The molecular formula is C28H32N2O4S. The fourth-order valence-corrected chi connectivity index (χ4v) is 5.67. The molecular weight excluding hydrogens is 460 g/mol. The minimum absolute atomic E-state index is 0.0722. The van der Waals surface area contributed by atoms with Crippen molar-refractivity contribution in [3.63, 3.8) is 0 Å². The van der Waals surface area contributed by atoms with Gasteiger partial charge < -0.3 is 14.9 Å². The highest BCUT2D eigenvalue weighted by atomic mass is 32.1. The summed E-state index contributed by atoms with van der Waals surface area (Å²) in [6.07, 6.45) is 6.11. The van der Waals surface area contributed by atoms with E-state index in [4.69, 9.17) is 4.74 Å². The molecule has 1 saturated heterocycles. The Kier molecular flexibility index (Phi) is 8.40. The quantitative estimate of drug-likeness (QED) is 0.420. The normalized spacial score (nSPS) is 15.5. The lowest BCUT2D eigenvalue weighted by molar-refractivity contribution is -0.140. The molecule has 1 aliphatic rings. The zero-order chi connectivity index (χ0) is 24.7. The number of carbonyl (C=O) groups is 1. The second-order valence-corrected chi connectivity index (χ2v) is 10.2. The highest BCUT2D eigenvalue weighted by Gasteiger charge is 2.36. The largest absolute Gasteiger partial charge is 0.497 e. The summed E-state index contributed by atoms with van der Waals surface area (Å²) in [6.45, 7) is 2.37. The van der Waals surface area contributed by atoms with E-state index in [0.717, 1.165) is 77.9 Å². The van der Waals surface area contributed by atoms with Crippen LogP contribution in [0.3, 0.4) is 0 Å². The zero-order valence-corrected chi connectivity index (χ0v) is 20.9. The summed E-state index contributed by atoms with van der Waals surface area (Å²) in [4.78, 5) is 19.6. The lowest BCUT2D eigenvalue weighted by Gasteiger charge is -2.41. The molecule has 0 aliphatic carbocycles. The SMILES string of the molecule is COc1ccc2ncc(CO)c(CCCC3(CC(=O)O)CCN(CC#Cc4cccs4)CC3)c2c1. The molecule has 0 amide bonds. The number of pyridine rings is 1. The van der Waals surface area contributed by atoms with Crippen LogP contribution in [0.5, 0.6) is 5.75 Å². The summed E-state index contributed by atoms with van der Waals surface area (Å²) in [5.41, 5.74) is 2.55. The molecule has 0 radical (unpaired) electrons. The number of aliphatic carboxylic acids is 1. The van der Waals surface area contributed by atoms with Gasteiger partial charge >= 0.3 is 5.97 Å². The van der Waals surface area contributed by atoms with Gasteiger partial charge in [-0.05, 0) is 91.4 Å². The first-order valence-corrected chi connectivity index (χ1v) is 12.9. The number of aromatic nitrogens is 1. The standard InChI is InChI=1S/C28H32N2O4S/c1-34-22-8-9-26-25(17-22)24(21(20-31)19-29-26)7-2-10-28(18-27(32)33)11-14-30(15-12-28)13-3-5-23-6-4-16-35-23/h4,6,8-9,16-17,19,31H,2,7,10-15,18,20H2,1H3,(H,32,33). The Balaban J connectivity index is 1.42. The molecule has 1 aromatic carbocycles. The van der Waals surface area contributed by atoms with E-state index in [1.54, 1.807) is 24.6 Å². The van der Waals surface area contributed by atoms with Crippen molar-refractivity contribution in [1.82, 2.24) is 9.88 Å². The fourth-order valence-electron chi connectivity index (χ4n) is 5.08. The summed E-state index contributed by atoms with van der Waals surface area (Å²) >= 11 is 1.64. The second kappa shape index (κ2) is 11.7. The molecule has 1 fully saturated rings. The van der Waals surface area contributed by atoms with Gasteiger partial charge in [0.1, 0.15) is 5.75 Å². The fraction of sp³-hybridized carbons (Fsp3) is 0.429. The molecule has 4 rings (SSSR count). The molecule has 0 unspecified atom stereocenters. The molecule has 35 heavy (non-hydrogen) atoms. The topological polar surface area (TPSA) is 82.9 Å². The van der Waals surface area contributed by atoms with Gasteiger partial charge in [-0.2, -0.15) is 0 Å². The molecule has 3 aromatic rings. The van der Waals surface area contributed by atoms with Crippen molar-refractivity contribution >= 4 is 28.2 Å². The monoisotopic (exact) mass is 492 g/mol. The summed E-state index contributed by atoms with van der Waals surface area (Å²) < 4.78 is 5.40. The first-order valence-electron chi connectivity index (χ1n) is 12.0. The van der Waals surface area contributed by atoms with Gasteiger partial charge in [0.25, 0.3) is 0 Å². The van der Waals surface area contributed by atoms with Crippen molar-refractivity contribution in [2.45, 2.75) is 45.1 Å². The van der Waals surface area contributed by atoms with Gasteiger partial charge in [0, 0.05) is 11.6 Å². The third-order valence-electron chi connectivity index (χ3n) is 7.06. The summed E-state index contributed by atoms with van der Waals surface area (Å²) in [6, 6.07) is 9.82. The third kappa shape index (κ3) is 6.40. The maximum atomic E-state index is 11.7. The number of carboxylic acids is 1. The Bertz CT molecular complexity index is 1200. The van der Waals surface area contributed by atoms with Gasteiger partial charge in [0.05, 0.1) is 37.1 Å². The molecule has 1 aliphatic heterocycles. The highest BCUT2D eigenvalue weighted by molar-refractivity contribution is 7.10. The van der Waals surface area contributed by atoms with Crippen LogP contribution in [0.15, 0.2) is 41.9 Å². The molecule has 2 N–H and O–H groups in total. The molecule has 0 bridgehead atoms. The molecule has 184 valence electrons. The number of aliphatic hydroxyl groups excluding tert-OH is 1. The van der Waals surface area contributed by atoms with Crippen molar-refractivity contribution in [1.29, 1.82) is 0 Å². The van der Waals surface area contributed by atoms with Crippen molar-refractivity contribution in [2.24, 2.45) is 5.41 Å². The minimum atomic E-state index is -0.730. The second-order valence-electron chi connectivity index (χ2n) is 9.28. The Hall–Kier alpha value is -2.92. The maximum Gasteiger partial charge on any atom is 0.303 e. The number of thiophene rings is 1. The highest BCUT2D eigenvalue weighted by Crippen LogP contribution is 2.40. The van der Waals surface area contributed by atoms with Crippen LogP contribution in [-0.4, -0.2) is 52.8 Å². The Morgan fingerprint density at radius 3 is 2.80 bits per heavy atom. The van der Waals surface area contributed by atoms with E-state index in [9.17, 15) is 15.0 Å². The third-order valence-corrected chi connectivity index (χ3v) is 7.84. The Labute approximate surface area is 210 Å². The first-order chi connectivity index (χ1) is 17.0. The molecule has 0 saturated carbocycles. The van der Waals surface area contributed by atoms with Crippen LogP contribution in [0.4, 0.5) is 0 Å². The van der Waals surface area contributed by atoms with E-state index in [-0.39, 0.29) is 18.4 Å². The van der Waals surface area contributed by atoms with E-state index in [1.165, 1.54) is 0 Å². The average molecular weight is 493 g/mol. The number of aryl methyl sites for hydroxylation is 1. The Morgan fingerprint density at radius 1 is 1.29 bits per heavy atom. The summed E-state index contributed by atoms with van der Waals surface area (Å²) in [5, 5.41) is 22.6. The number of benzene rings is 1. The number of ether oxygens (including phenoxy) is 1. The van der Waals surface area contributed by atoms with Gasteiger partial charge in [0.2, 0.25) is 0 Å². The maximum absolute atomic E-state index is 11.7. The first kappa shape index (κ1) is 25.2. The van der Waals surface area contributed by atoms with Gasteiger partial charge in [-0.25, -0.2) is 0 Å². The van der Waals surface area contributed by atoms with Crippen LogP contribution < -0.4 is 4.74 Å². The van der Waals surface area contributed by atoms with Crippen LogP contribution in [0.2, 0.25) is 0 Å². The molecule has 2 aromatic heterocycles. The van der Waals surface area contributed by atoms with Gasteiger partial charge in [-0.15, -0.1) is 11.3 Å². The number of fused-ring (bicyclic) bond motifs is 1. The number of aliphatic hydroxyl groups is 1. The van der Waals surface area contributed by atoms with Crippen molar-refractivity contribution in [2.75, 3.05) is 26.7 Å². The van der Waals surface area contributed by atoms with Gasteiger partial charge in [0.15, 0.2) is 0 Å². The minimum Gasteiger partial charge on any atom is -0.497 e. The average Bonchev–Trinajstić information content (AvgIpc) is 3.38. The number of hydrogen-bond acceptors (Lipinski definition) is 6. The number of methoxy groups -OCH3 is 1. The smallest absolute Gasteiger partial charge is 0.303 e. The number of piperidine rings is 1. The van der Waals surface area contributed by atoms with Crippen molar-refractivity contribution < 1.29 is 19.7 Å². The number of carboxylic acid groups (broad SMARTS) is 1. The van der Waals surface area contributed by atoms with Crippen LogP contribution >= 0.6 is 11.3 Å². The van der Waals surface area contributed by atoms with Crippen LogP contribution in [0, 0.1) is 17.3 Å². The molecule has 3 heterocycles. The van der Waals surface area contributed by atoms with E-state index < -0.39 is 5.97 Å². The van der Waals surface area contributed by atoms with E-state index >= 15 is 0 Å². The number of nitrogens with zero attached hydrogens (tertiary/aromatic N) is 2. The molecule has 7 heteroatoms. The van der Waals surface area contributed by atoms with E-state index in [2.05, 4.69) is 21.7 Å². The number of rotatable bonds is 9. The Morgan fingerprint density at radius 2 is 2.11 bits per heavy atom. The molecule has 0 atom stereocenters. The van der Waals surface area contributed by atoms with Crippen LogP contribution in [-0.2, 0) is 17.8 Å². The summed E-state index contributed by atoms with van der Waals surface area (Å²) in [5.74, 6) is 6.50. The van der Waals surface area contributed by atoms with Gasteiger partial charge in [-0.1, -0.05) is 17.9 Å². The van der Waals surface area contributed by atoms with Crippen LogP contribution in [0.25, 0.3) is 10.9 Å². The predicted octanol–water partition coefficient (Wildman–Crippen LogP) is 4.73. The summed E-state index contributed by atoms with van der Waals surface area (Å²) in [7, 11) is 1.64.